The third-order valence-electron chi connectivity index (χ3n) is 4.43. The largest absolute Gasteiger partial charge is 0.494 e. The fraction of sp³-hybridized carbons (Fsp3) is 0.227. The molecule has 0 aliphatic heterocycles. The number of sulfonamides is 1. The molecule has 0 radical (unpaired) electrons. The first-order valence-electron chi connectivity index (χ1n) is 10.1. The summed E-state index contributed by atoms with van der Waals surface area (Å²) in [5, 5.41) is 0. The van der Waals surface area contributed by atoms with Gasteiger partial charge in [0.1, 0.15) is 5.75 Å². The Hall–Kier alpha value is -3.54. The van der Waals surface area contributed by atoms with Gasteiger partial charge in [-0.15, -0.1) is 0 Å². The van der Waals surface area contributed by atoms with Gasteiger partial charge in [-0.25, -0.2) is 18.2 Å². The third-order valence-corrected chi connectivity index (χ3v) is 5.94. The van der Waals surface area contributed by atoms with Gasteiger partial charge in [0.05, 0.1) is 36.0 Å². The van der Waals surface area contributed by atoms with E-state index in [2.05, 4.69) is 9.71 Å². The third kappa shape index (κ3) is 7.52. The second-order valence-electron chi connectivity index (χ2n) is 7.03. The average molecular weight is 473 g/mol. The molecule has 11 heteroatoms. The van der Waals surface area contributed by atoms with Crippen molar-refractivity contribution in [2.45, 2.75) is 30.4 Å². The SMILES string of the molecule is N[C@H](CC(=O)OC(=O)c1ccc(OCCCn2ccnc2)cc1)NS(=O)(=O)c1ccccc1. The number of carbonyl (C=O) groups excluding carboxylic acids is 2. The second kappa shape index (κ2) is 11.4. The van der Waals surface area contributed by atoms with Gasteiger partial charge in [0.25, 0.3) is 0 Å². The average Bonchev–Trinajstić information content (AvgIpc) is 3.31. The molecule has 3 rings (SSSR count). The number of aromatic nitrogens is 2. The van der Waals surface area contributed by atoms with Crippen molar-refractivity contribution in [3.05, 3.63) is 78.9 Å². The number of carbonyl (C=O) groups is 2. The van der Waals surface area contributed by atoms with Crippen LogP contribution in [0.1, 0.15) is 23.2 Å². The molecule has 3 aromatic rings. The number of nitrogens with two attached hydrogens (primary N) is 1. The Morgan fingerprint density at radius 2 is 1.82 bits per heavy atom. The lowest BCUT2D eigenvalue weighted by Gasteiger charge is -2.13. The molecule has 174 valence electrons. The number of nitrogens with zero attached hydrogens (tertiary/aromatic N) is 2. The van der Waals surface area contributed by atoms with Crippen molar-refractivity contribution < 1.29 is 27.5 Å². The van der Waals surface area contributed by atoms with Crippen LogP contribution in [0.5, 0.6) is 5.75 Å². The molecule has 0 bridgehead atoms. The molecule has 1 aromatic heterocycles. The quantitative estimate of drug-likeness (QED) is 0.186. The van der Waals surface area contributed by atoms with Gasteiger partial charge in [0.2, 0.25) is 10.0 Å². The number of benzene rings is 2. The first kappa shape index (κ1) is 24.1. The molecule has 10 nitrogen and oxygen atoms in total. The maximum atomic E-state index is 12.2. The van der Waals surface area contributed by atoms with E-state index >= 15 is 0 Å². The standard InChI is InChI=1S/C22H24N4O6S/c23-20(25-33(29,30)19-5-2-1-3-6-19)15-21(27)32-22(28)17-7-9-18(10-8-17)31-14-4-12-26-13-11-24-16-26/h1-3,5-11,13,16,20,25H,4,12,14-15,23H2/t20-/m0/s1. The number of aryl methyl sites for hydroxylation is 1. The molecular formula is C22H24N4O6S. The van der Waals surface area contributed by atoms with Crippen molar-refractivity contribution in [1.29, 1.82) is 0 Å². The molecule has 0 spiro atoms. The molecular weight excluding hydrogens is 448 g/mol. The van der Waals surface area contributed by atoms with Crippen molar-refractivity contribution in [2.24, 2.45) is 5.73 Å². The Balaban J connectivity index is 1.42. The topological polar surface area (TPSA) is 143 Å². The molecule has 0 saturated heterocycles. The lowest BCUT2D eigenvalue weighted by molar-refractivity contribution is -0.138. The number of hydrogen-bond donors (Lipinski definition) is 2. The molecule has 0 amide bonds. The molecule has 0 unspecified atom stereocenters. The van der Waals surface area contributed by atoms with E-state index in [1.165, 1.54) is 24.3 Å². The molecule has 0 fully saturated rings. The summed E-state index contributed by atoms with van der Waals surface area (Å²) in [7, 11) is -3.90. The van der Waals surface area contributed by atoms with Gasteiger partial charge in [-0.2, -0.15) is 4.72 Å². The lowest BCUT2D eigenvalue weighted by Crippen LogP contribution is -2.43. The Kier molecular flexibility index (Phi) is 8.30. The summed E-state index contributed by atoms with van der Waals surface area (Å²) in [4.78, 5) is 28.2. The minimum Gasteiger partial charge on any atom is -0.494 e. The van der Waals surface area contributed by atoms with Crippen LogP contribution in [0.15, 0.2) is 78.2 Å². The smallest absolute Gasteiger partial charge is 0.345 e. The molecule has 3 N–H and O–H groups in total. The minimum atomic E-state index is -3.90. The molecule has 0 saturated carbocycles. The van der Waals surface area contributed by atoms with Crippen LogP contribution in [0.3, 0.4) is 0 Å². The van der Waals surface area contributed by atoms with E-state index in [0.29, 0.717) is 12.4 Å². The van der Waals surface area contributed by atoms with Crippen LogP contribution in [0.4, 0.5) is 0 Å². The van der Waals surface area contributed by atoms with E-state index in [-0.39, 0.29) is 10.5 Å². The van der Waals surface area contributed by atoms with Crippen molar-refractivity contribution in [3.63, 3.8) is 0 Å². The summed E-state index contributed by atoms with van der Waals surface area (Å²) in [6.45, 7) is 1.26. The van der Waals surface area contributed by atoms with Gasteiger partial charge in [-0.05, 0) is 42.8 Å². The van der Waals surface area contributed by atoms with E-state index in [0.717, 1.165) is 13.0 Å². The molecule has 0 aliphatic carbocycles. The summed E-state index contributed by atoms with van der Waals surface area (Å²) in [6, 6.07) is 13.7. The second-order valence-corrected chi connectivity index (χ2v) is 8.75. The maximum Gasteiger partial charge on any atom is 0.345 e. The number of nitrogens with one attached hydrogen (secondary N) is 1. The summed E-state index contributed by atoms with van der Waals surface area (Å²) in [5.41, 5.74) is 5.84. The van der Waals surface area contributed by atoms with E-state index in [9.17, 15) is 18.0 Å². The van der Waals surface area contributed by atoms with E-state index in [1.807, 2.05) is 10.8 Å². The summed E-state index contributed by atoms with van der Waals surface area (Å²) < 4.78 is 39.0. The van der Waals surface area contributed by atoms with E-state index < -0.39 is 34.5 Å². The zero-order valence-electron chi connectivity index (χ0n) is 17.7. The van der Waals surface area contributed by atoms with Gasteiger partial charge in [-0.3, -0.25) is 4.79 Å². The van der Waals surface area contributed by atoms with Crippen molar-refractivity contribution in [3.8, 4) is 5.75 Å². The van der Waals surface area contributed by atoms with Gasteiger partial charge < -0.3 is 19.8 Å². The summed E-state index contributed by atoms with van der Waals surface area (Å²) in [5.74, 6) is -1.26. The van der Waals surface area contributed by atoms with Crippen molar-refractivity contribution in [1.82, 2.24) is 14.3 Å². The normalized spacial score (nSPS) is 12.2. The van der Waals surface area contributed by atoms with Crippen LogP contribution in [-0.4, -0.2) is 42.7 Å². The molecule has 1 heterocycles. The Labute approximate surface area is 191 Å². The first-order valence-corrected chi connectivity index (χ1v) is 11.6. The lowest BCUT2D eigenvalue weighted by atomic mass is 10.2. The number of rotatable bonds is 11. The Morgan fingerprint density at radius 3 is 2.48 bits per heavy atom. The fourth-order valence-electron chi connectivity index (χ4n) is 2.84. The fourth-order valence-corrected chi connectivity index (χ4v) is 3.97. The Morgan fingerprint density at radius 1 is 1.09 bits per heavy atom. The van der Waals surface area contributed by atoms with Crippen LogP contribution < -0.4 is 15.2 Å². The maximum absolute atomic E-state index is 12.2. The highest BCUT2D eigenvalue weighted by atomic mass is 32.2. The monoisotopic (exact) mass is 472 g/mol. The highest BCUT2D eigenvalue weighted by Crippen LogP contribution is 2.14. The van der Waals surface area contributed by atoms with Crippen LogP contribution in [-0.2, 0) is 26.1 Å². The van der Waals surface area contributed by atoms with E-state index in [4.69, 9.17) is 15.2 Å². The van der Waals surface area contributed by atoms with E-state index in [1.54, 1.807) is 42.9 Å². The number of imidazole rings is 1. The predicted octanol–water partition coefficient (Wildman–Crippen LogP) is 1.69. The molecule has 33 heavy (non-hydrogen) atoms. The van der Waals surface area contributed by atoms with Crippen molar-refractivity contribution >= 4 is 22.0 Å². The highest BCUT2D eigenvalue weighted by Gasteiger charge is 2.21. The Bertz CT molecular complexity index is 1150. The molecule has 0 aliphatic rings. The number of ether oxygens (including phenoxy) is 2. The van der Waals surface area contributed by atoms with Crippen LogP contribution in [0.25, 0.3) is 0 Å². The highest BCUT2D eigenvalue weighted by molar-refractivity contribution is 7.89. The minimum absolute atomic E-state index is 0.00827. The zero-order chi connectivity index (χ0) is 23.7. The predicted molar refractivity (Wildman–Crippen MR) is 119 cm³/mol. The first-order chi connectivity index (χ1) is 15.8. The van der Waals surface area contributed by atoms with Crippen molar-refractivity contribution in [2.75, 3.05) is 6.61 Å². The van der Waals surface area contributed by atoms with Crippen LogP contribution in [0, 0.1) is 0 Å². The molecule has 2 aromatic carbocycles. The zero-order valence-corrected chi connectivity index (χ0v) is 18.5. The number of esters is 2. The van der Waals surface area contributed by atoms with Gasteiger partial charge >= 0.3 is 11.9 Å². The summed E-state index contributed by atoms with van der Waals surface area (Å²) in [6.07, 6.45) is 4.31. The van der Waals surface area contributed by atoms with Crippen LogP contribution >= 0.6 is 0 Å². The van der Waals surface area contributed by atoms with Crippen LogP contribution in [0.2, 0.25) is 0 Å². The molecule has 1 atom stereocenters. The van der Waals surface area contributed by atoms with Gasteiger partial charge in [0.15, 0.2) is 0 Å². The van der Waals surface area contributed by atoms with Gasteiger partial charge in [-0.1, -0.05) is 18.2 Å². The summed E-state index contributed by atoms with van der Waals surface area (Å²) >= 11 is 0. The van der Waals surface area contributed by atoms with Gasteiger partial charge in [0, 0.05) is 18.9 Å². The number of hydrogen-bond acceptors (Lipinski definition) is 8.